The number of fused-ring (bicyclic) bond motifs is 2. The number of pyridine rings is 1. The summed E-state index contributed by atoms with van der Waals surface area (Å²) in [5.41, 5.74) is 2.07. The van der Waals surface area contributed by atoms with Gasteiger partial charge in [-0.15, -0.1) is 4.40 Å². The molecule has 5 rings (SSSR count). The van der Waals surface area contributed by atoms with Crippen LogP contribution in [0.4, 0.5) is 5.69 Å². The van der Waals surface area contributed by atoms with Crippen molar-refractivity contribution in [1.82, 2.24) is 19.7 Å². The first-order valence-corrected chi connectivity index (χ1v) is 12.1. The number of hydrogen-bond donors (Lipinski definition) is 1. The Morgan fingerprint density at radius 1 is 1.16 bits per heavy atom. The fourth-order valence-corrected chi connectivity index (χ4v) is 5.53. The molecule has 0 bridgehead atoms. The zero-order valence-corrected chi connectivity index (χ0v) is 18.7. The van der Waals surface area contributed by atoms with E-state index in [0.717, 1.165) is 11.0 Å². The molecule has 0 aliphatic carbocycles. The molecule has 2 aliphatic heterocycles. The van der Waals surface area contributed by atoms with Crippen molar-refractivity contribution in [3.8, 4) is 0 Å². The van der Waals surface area contributed by atoms with Crippen molar-refractivity contribution in [2.24, 2.45) is 10.3 Å². The monoisotopic (exact) mass is 452 g/mol. The van der Waals surface area contributed by atoms with Gasteiger partial charge >= 0.3 is 0 Å². The maximum absolute atomic E-state index is 12.8. The molecule has 1 amide bonds. The molecule has 2 aliphatic rings. The van der Waals surface area contributed by atoms with E-state index >= 15 is 0 Å². The molecule has 1 aromatic carbocycles. The standard InChI is InChI=1S/C22H24N6O3S/c1-14(2)28-20-16(12-24-28)11-17(13-23-20)25-22(29)15-7-9-27(10-8-15)21-18-5-3-4-6-19(18)32(30,31)26-21/h3-6,11-15H,7-10H2,1-2H3,(H,25,29). The number of aromatic nitrogens is 3. The number of piperidine rings is 1. The van der Waals surface area contributed by atoms with Crippen molar-refractivity contribution < 1.29 is 13.2 Å². The molecule has 0 atom stereocenters. The molecule has 1 saturated heterocycles. The molecular formula is C22H24N6O3S. The zero-order valence-electron chi connectivity index (χ0n) is 17.9. The number of rotatable bonds is 3. The van der Waals surface area contributed by atoms with Gasteiger partial charge in [0.25, 0.3) is 10.0 Å². The maximum Gasteiger partial charge on any atom is 0.285 e. The molecule has 0 unspecified atom stereocenters. The minimum atomic E-state index is -3.64. The average molecular weight is 453 g/mol. The summed E-state index contributed by atoms with van der Waals surface area (Å²) in [6, 6.07) is 8.96. The van der Waals surface area contributed by atoms with Gasteiger partial charge in [0, 0.05) is 36.0 Å². The van der Waals surface area contributed by atoms with Crippen LogP contribution in [0.15, 0.2) is 52.0 Å². The third-order valence-electron chi connectivity index (χ3n) is 5.97. The van der Waals surface area contributed by atoms with Gasteiger partial charge in [-0.25, -0.2) is 9.67 Å². The van der Waals surface area contributed by atoms with Crippen molar-refractivity contribution in [3.63, 3.8) is 0 Å². The fraction of sp³-hybridized carbons (Fsp3) is 0.364. The van der Waals surface area contributed by atoms with Gasteiger partial charge < -0.3 is 10.2 Å². The van der Waals surface area contributed by atoms with Crippen molar-refractivity contribution >= 4 is 38.5 Å². The van der Waals surface area contributed by atoms with E-state index < -0.39 is 10.0 Å². The lowest BCUT2D eigenvalue weighted by Crippen LogP contribution is -2.41. The Morgan fingerprint density at radius 2 is 1.91 bits per heavy atom. The largest absolute Gasteiger partial charge is 0.355 e. The summed E-state index contributed by atoms with van der Waals surface area (Å²) in [5.74, 6) is 0.272. The van der Waals surface area contributed by atoms with Gasteiger partial charge in [-0.05, 0) is 44.9 Å². The van der Waals surface area contributed by atoms with Crippen LogP contribution < -0.4 is 5.32 Å². The van der Waals surface area contributed by atoms with Crippen LogP contribution in [-0.4, -0.2) is 52.9 Å². The number of sulfonamides is 1. The second-order valence-corrected chi connectivity index (χ2v) is 10.0. The quantitative estimate of drug-likeness (QED) is 0.654. The summed E-state index contributed by atoms with van der Waals surface area (Å²) in [5, 5.41) is 8.21. The van der Waals surface area contributed by atoms with Gasteiger partial charge in [-0.2, -0.15) is 13.5 Å². The number of hydrogen-bond acceptors (Lipinski definition) is 6. The topological polar surface area (TPSA) is 110 Å². The predicted octanol–water partition coefficient (Wildman–Crippen LogP) is 2.81. The van der Waals surface area contributed by atoms with Gasteiger partial charge in [0.15, 0.2) is 11.5 Å². The van der Waals surface area contributed by atoms with Crippen molar-refractivity contribution in [3.05, 3.63) is 48.3 Å². The van der Waals surface area contributed by atoms with E-state index in [1.54, 1.807) is 30.6 Å². The minimum Gasteiger partial charge on any atom is -0.355 e. The summed E-state index contributed by atoms with van der Waals surface area (Å²) in [6.07, 6.45) is 4.65. The maximum atomic E-state index is 12.8. The van der Waals surface area contributed by atoms with E-state index in [4.69, 9.17) is 0 Å². The number of benzene rings is 1. The van der Waals surface area contributed by atoms with Crippen LogP contribution in [-0.2, 0) is 14.8 Å². The summed E-state index contributed by atoms with van der Waals surface area (Å²) < 4.78 is 30.5. The molecular weight excluding hydrogens is 428 g/mol. The molecule has 0 saturated carbocycles. The molecule has 0 spiro atoms. The minimum absolute atomic E-state index is 0.0524. The number of nitrogens with zero attached hydrogens (tertiary/aromatic N) is 5. The Hall–Kier alpha value is -3.27. The number of amidine groups is 1. The van der Waals surface area contributed by atoms with E-state index in [1.165, 1.54) is 0 Å². The first-order chi connectivity index (χ1) is 15.3. The Morgan fingerprint density at radius 3 is 2.66 bits per heavy atom. The van der Waals surface area contributed by atoms with Crippen LogP contribution in [0.3, 0.4) is 0 Å². The Kier molecular flexibility index (Phi) is 4.96. The lowest BCUT2D eigenvalue weighted by molar-refractivity contribution is -0.120. The predicted molar refractivity (Wildman–Crippen MR) is 121 cm³/mol. The molecule has 10 heteroatoms. The smallest absolute Gasteiger partial charge is 0.285 e. The highest BCUT2D eigenvalue weighted by atomic mass is 32.2. The molecule has 3 aromatic rings. The zero-order chi connectivity index (χ0) is 22.5. The molecule has 2 aromatic heterocycles. The number of amides is 1. The van der Waals surface area contributed by atoms with E-state index in [1.807, 2.05) is 35.6 Å². The summed E-state index contributed by atoms with van der Waals surface area (Å²) >= 11 is 0. The Balaban J connectivity index is 1.25. The Bertz CT molecular complexity index is 1340. The summed E-state index contributed by atoms with van der Waals surface area (Å²) in [6.45, 7) is 5.22. The van der Waals surface area contributed by atoms with E-state index in [0.29, 0.717) is 43.0 Å². The summed E-state index contributed by atoms with van der Waals surface area (Å²) in [7, 11) is -3.64. The van der Waals surface area contributed by atoms with E-state index in [9.17, 15) is 13.2 Å². The highest BCUT2D eigenvalue weighted by molar-refractivity contribution is 7.90. The van der Waals surface area contributed by atoms with Crippen LogP contribution in [0.2, 0.25) is 0 Å². The van der Waals surface area contributed by atoms with Gasteiger partial charge in [-0.3, -0.25) is 4.79 Å². The number of likely N-dealkylation sites (tertiary alicyclic amines) is 1. The van der Waals surface area contributed by atoms with E-state index in [-0.39, 0.29) is 22.8 Å². The van der Waals surface area contributed by atoms with Crippen LogP contribution in [0.5, 0.6) is 0 Å². The number of anilines is 1. The fourth-order valence-electron chi connectivity index (χ4n) is 4.30. The second-order valence-electron chi connectivity index (χ2n) is 8.46. The SMILES string of the molecule is CC(C)n1ncc2cc(NC(=O)C3CCN(C4=NS(=O)(=O)c5ccccc54)CC3)cnc21. The molecule has 9 nitrogen and oxygen atoms in total. The van der Waals surface area contributed by atoms with Crippen LogP contribution in [0, 0.1) is 5.92 Å². The Labute approximate surface area is 186 Å². The van der Waals surface area contributed by atoms with Crippen LogP contribution >= 0.6 is 0 Å². The molecule has 166 valence electrons. The first kappa shape index (κ1) is 20.6. The van der Waals surface area contributed by atoms with Crippen molar-refractivity contribution in [1.29, 1.82) is 0 Å². The first-order valence-electron chi connectivity index (χ1n) is 10.7. The number of nitrogens with one attached hydrogen (secondary N) is 1. The molecule has 1 N–H and O–H groups in total. The number of carbonyl (C=O) groups is 1. The lowest BCUT2D eigenvalue weighted by Gasteiger charge is -2.32. The van der Waals surface area contributed by atoms with Gasteiger partial charge in [0.05, 0.1) is 18.1 Å². The molecule has 0 radical (unpaired) electrons. The second kappa shape index (κ2) is 7.70. The third-order valence-corrected chi connectivity index (χ3v) is 7.29. The van der Waals surface area contributed by atoms with Gasteiger partial charge in [0.1, 0.15) is 4.90 Å². The molecule has 4 heterocycles. The molecule has 1 fully saturated rings. The van der Waals surface area contributed by atoms with Gasteiger partial charge in [0.2, 0.25) is 5.91 Å². The van der Waals surface area contributed by atoms with Crippen molar-refractivity contribution in [2.75, 3.05) is 18.4 Å². The lowest BCUT2D eigenvalue weighted by atomic mass is 9.95. The summed E-state index contributed by atoms with van der Waals surface area (Å²) in [4.78, 5) is 19.5. The third kappa shape index (κ3) is 3.54. The highest BCUT2D eigenvalue weighted by Crippen LogP contribution is 2.30. The average Bonchev–Trinajstić information content (AvgIpc) is 3.32. The van der Waals surface area contributed by atoms with Crippen LogP contribution in [0.1, 0.15) is 38.3 Å². The number of carbonyl (C=O) groups excluding carboxylic acids is 1. The normalized spacial score (nSPS) is 18.1. The van der Waals surface area contributed by atoms with E-state index in [2.05, 4.69) is 19.8 Å². The van der Waals surface area contributed by atoms with Crippen LogP contribution in [0.25, 0.3) is 11.0 Å². The van der Waals surface area contributed by atoms with Crippen molar-refractivity contribution in [2.45, 2.75) is 37.6 Å². The highest BCUT2D eigenvalue weighted by Gasteiger charge is 2.34. The molecule has 32 heavy (non-hydrogen) atoms. The van der Waals surface area contributed by atoms with Gasteiger partial charge in [-0.1, -0.05) is 12.1 Å².